The molecule has 1 aromatic rings. The van der Waals surface area contributed by atoms with Gasteiger partial charge in [0.25, 0.3) is 0 Å². The van der Waals surface area contributed by atoms with E-state index in [0.29, 0.717) is 11.4 Å². The summed E-state index contributed by atoms with van der Waals surface area (Å²) in [7, 11) is 1.55. The van der Waals surface area contributed by atoms with Gasteiger partial charge >= 0.3 is 5.97 Å². The highest BCUT2D eigenvalue weighted by Crippen LogP contribution is 2.27. The van der Waals surface area contributed by atoms with E-state index in [0.717, 1.165) is 0 Å². The van der Waals surface area contributed by atoms with Crippen molar-refractivity contribution < 1.29 is 29.0 Å². The second-order valence-corrected chi connectivity index (χ2v) is 7.40. The molecule has 9 heteroatoms. The highest BCUT2D eigenvalue weighted by Gasteiger charge is 2.37. The van der Waals surface area contributed by atoms with Gasteiger partial charge < -0.3 is 25.4 Å². The Bertz CT molecular complexity index is 777. The zero-order chi connectivity index (χ0) is 21.7. The molecule has 0 unspecified atom stereocenters. The van der Waals surface area contributed by atoms with Crippen molar-refractivity contribution in [1.82, 2.24) is 10.6 Å². The first kappa shape index (κ1) is 22.2. The molecule has 0 aromatic heterocycles. The standard InChI is InChI=1S/C20H27N3O6/c1-11(2)17(19(26)21-12(3)20(27)28)22-18(25)13-9-16(24)23(10-13)14-5-7-15(29-4)8-6-14/h5-8,11-13,17H,9-10H2,1-4H3,(H,21,26)(H,22,25)(H,27,28)/t12-,13-,17-/m0/s1. The molecule has 3 N–H and O–H groups in total. The minimum absolute atomic E-state index is 0.0375. The van der Waals surface area contributed by atoms with Gasteiger partial charge in [-0.05, 0) is 37.1 Å². The number of carbonyl (C=O) groups is 4. The van der Waals surface area contributed by atoms with Crippen LogP contribution < -0.4 is 20.3 Å². The number of methoxy groups -OCH3 is 1. The maximum atomic E-state index is 12.7. The smallest absolute Gasteiger partial charge is 0.325 e. The quantitative estimate of drug-likeness (QED) is 0.587. The SMILES string of the molecule is COc1ccc(N2C[C@@H](C(=O)N[C@H](C(=O)N[C@@H](C)C(=O)O)C(C)C)CC2=O)cc1. The minimum atomic E-state index is -1.16. The van der Waals surface area contributed by atoms with Gasteiger partial charge in [0, 0.05) is 18.7 Å². The van der Waals surface area contributed by atoms with E-state index in [2.05, 4.69) is 10.6 Å². The lowest BCUT2D eigenvalue weighted by Gasteiger charge is -2.24. The number of hydrogen-bond donors (Lipinski definition) is 3. The Morgan fingerprint density at radius 1 is 1.14 bits per heavy atom. The molecule has 9 nitrogen and oxygen atoms in total. The zero-order valence-corrected chi connectivity index (χ0v) is 17.0. The van der Waals surface area contributed by atoms with Crippen LogP contribution >= 0.6 is 0 Å². The minimum Gasteiger partial charge on any atom is -0.497 e. The van der Waals surface area contributed by atoms with Crippen molar-refractivity contribution in [2.75, 3.05) is 18.6 Å². The van der Waals surface area contributed by atoms with E-state index in [1.807, 2.05) is 0 Å². The van der Waals surface area contributed by atoms with Crippen LogP contribution in [0.1, 0.15) is 27.2 Å². The number of carbonyl (C=O) groups excluding carboxylic acids is 3. The Morgan fingerprint density at radius 3 is 2.28 bits per heavy atom. The van der Waals surface area contributed by atoms with E-state index in [1.54, 1.807) is 45.2 Å². The molecule has 3 atom stereocenters. The summed E-state index contributed by atoms with van der Waals surface area (Å²) in [4.78, 5) is 50.0. The number of nitrogens with zero attached hydrogens (tertiary/aromatic N) is 1. The predicted octanol–water partition coefficient (Wildman–Crippen LogP) is 0.778. The fourth-order valence-corrected chi connectivity index (χ4v) is 3.07. The van der Waals surface area contributed by atoms with Crippen LogP contribution in [0, 0.1) is 11.8 Å². The van der Waals surface area contributed by atoms with Gasteiger partial charge in [0.05, 0.1) is 13.0 Å². The summed E-state index contributed by atoms with van der Waals surface area (Å²) in [5.41, 5.74) is 0.666. The fourth-order valence-electron chi connectivity index (χ4n) is 3.07. The van der Waals surface area contributed by atoms with Crippen molar-refractivity contribution >= 4 is 29.4 Å². The van der Waals surface area contributed by atoms with E-state index < -0.39 is 35.8 Å². The van der Waals surface area contributed by atoms with Gasteiger partial charge in [-0.1, -0.05) is 13.8 Å². The van der Waals surface area contributed by atoms with Crippen molar-refractivity contribution in [3.05, 3.63) is 24.3 Å². The van der Waals surface area contributed by atoms with Crippen LogP contribution in [0.3, 0.4) is 0 Å². The first-order valence-corrected chi connectivity index (χ1v) is 9.42. The molecule has 1 aliphatic heterocycles. The summed E-state index contributed by atoms with van der Waals surface area (Å²) in [6, 6.07) is 5.00. The van der Waals surface area contributed by atoms with E-state index in [9.17, 15) is 19.2 Å². The molecule has 0 saturated carbocycles. The molecule has 3 amide bonds. The van der Waals surface area contributed by atoms with Crippen molar-refractivity contribution in [1.29, 1.82) is 0 Å². The summed E-state index contributed by atoms with van der Waals surface area (Å²) in [5.74, 6) is -2.52. The number of carboxylic acids is 1. The van der Waals surface area contributed by atoms with Gasteiger partial charge in [-0.2, -0.15) is 0 Å². The number of ether oxygens (including phenoxy) is 1. The van der Waals surface area contributed by atoms with Gasteiger partial charge in [-0.15, -0.1) is 0 Å². The molecule has 0 spiro atoms. The summed E-state index contributed by atoms with van der Waals surface area (Å²) in [5, 5.41) is 14.0. The van der Waals surface area contributed by atoms with Crippen LogP contribution in [0.25, 0.3) is 0 Å². The summed E-state index contributed by atoms with van der Waals surface area (Å²) in [6.45, 7) is 5.05. The number of carboxylic acid groups (broad SMARTS) is 1. The van der Waals surface area contributed by atoms with Crippen LogP contribution in [-0.2, 0) is 19.2 Å². The van der Waals surface area contributed by atoms with Crippen LogP contribution in [0.15, 0.2) is 24.3 Å². The van der Waals surface area contributed by atoms with Crippen LogP contribution in [0.4, 0.5) is 5.69 Å². The van der Waals surface area contributed by atoms with E-state index >= 15 is 0 Å². The number of amides is 3. The molecule has 1 aromatic carbocycles. The van der Waals surface area contributed by atoms with Crippen molar-refractivity contribution in [2.45, 2.75) is 39.3 Å². The maximum absolute atomic E-state index is 12.7. The molecule has 0 radical (unpaired) electrons. The van der Waals surface area contributed by atoms with Crippen molar-refractivity contribution in [3.63, 3.8) is 0 Å². The monoisotopic (exact) mass is 405 g/mol. The number of hydrogen-bond acceptors (Lipinski definition) is 5. The molecule has 2 rings (SSSR count). The van der Waals surface area contributed by atoms with Gasteiger partial charge in [-0.3, -0.25) is 19.2 Å². The van der Waals surface area contributed by atoms with Gasteiger partial charge in [-0.25, -0.2) is 0 Å². The predicted molar refractivity (Wildman–Crippen MR) is 105 cm³/mol. The summed E-state index contributed by atoms with van der Waals surface area (Å²) in [6.07, 6.45) is 0.0375. The average Bonchev–Trinajstić information content (AvgIpc) is 3.07. The highest BCUT2D eigenvalue weighted by molar-refractivity contribution is 6.01. The third-order valence-corrected chi connectivity index (χ3v) is 4.86. The average molecular weight is 405 g/mol. The first-order valence-electron chi connectivity index (χ1n) is 9.42. The zero-order valence-electron chi connectivity index (χ0n) is 17.0. The lowest BCUT2D eigenvalue weighted by Crippen LogP contribution is -2.54. The van der Waals surface area contributed by atoms with Crippen LogP contribution in [0.2, 0.25) is 0 Å². The second-order valence-electron chi connectivity index (χ2n) is 7.40. The van der Waals surface area contributed by atoms with Crippen molar-refractivity contribution in [2.24, 2.45) is 11.8 Å². The Balaban J connectivity index is 2.03. The lowest BCUT2D eigenvalue weighted by atomic mass is 10.0. The van der Waals surface area contributed by atoms with Gasteiger partial charge in [0.2, 0.25) is 17.7 Å². The molecule has 1 heterocycles. The Hall–Kier alpha value is -3.10. The number of nitrogens with one attached hydrogen (secondary N) is 2. The van der Waals surface area contributed by atoms with E-state index in [4.69, 9.17) is 9.84 Å². The van der Waals surface area contributed by atoms with E-state index in [-0.39, 0.29) is 24.8 Å². The van der Waals surface area contributed by atoms with Crippen molar-refractivity contribution in [3.8, 4) is 5.75 Å². The summed E-state index contributed by atoms with van der Waals surface area (Å²) < 4.78 is 5.11. The van der Waals surface area contributed by atoms with Gasteiger partial charge in [0.15, 0.2) is 0 Å². The molecule has 0 aliphatic carbocycles. The first-order chi connectivity index (χ1) is 13.6. The lowest BCUT2D eigenvalue weighted by molar-refractivity contribution is -0.142. The highest BCUT2D eigenvalue weighted by atomic mass is 16.5. The fraction of sp³-hybridized carbons (Fsp3) is 0.500. The second kappa shape index (κ2) is 9.40. The molecule has 158 valence electrons. The molecule has 1 saturated heterocycles. The van der Waals surface area contributed by atoms with Crippen LogP contribution in [0.5, 0.6) is 5.75 Å². The van der Waals surface area contributed by atoms with Gasteiger partial charge in [0.1, 0.15) is 17.8 Å². The molecular weight excluding hydrogens is 378 g/mol. The number of benzene rings is 1. The Labute approximate surface area is 169 Å². The normalized spacial score (nSPS) is 18.3. The summed E-state index contributed by atoms with van der Waals surface area (Å²) >= 11 is 0. The third-order valence-electron chi connectivity index (χ3n) is 4.86. The van der Waals surface area contributed by atoms with E-state index in [1.165, 1.54) is 11.8 Å². The molecule has 1 aliphatic rings. The molecule has 0 bridgehead atoms. The Kier molecular flexibility index (Phi) is 7.19. The molecular formula is C20H27N3O6. The Morgan fingerprint density at radius 2 is 1.76 bits per heavy atom. The number of aliphatic carboxylic acids is 1. The molecule has 29 heavy (non-hydrogen) atoms. The molecule has 1 fully saturated rings. The third kappa shape index (κ3) is 5.46. The maximum Gasteiger partial charge on any atom is 0.325 e. The largest absolute Gasteiger partial charge is 0.497 e. The topological polar surface area (TPSA) is 125 Å². The van der Waals surface area contributed by atoms with Crippen LogP contribution in [-0.4, -0.2) is 54.5 Å². The number of anilines is 1. The number of rotatable bonds is 8.